The molecule has 1 aliphatic heterocycles. The fourth-order valence-electron chi connectivity index (χ4n) is 2.43. The highest BCUT2D eigenvalue weighted by molar-refractivity contribution is 5.97. The second kappa shape index (κ2) is 5.09. The summed E-state index contributed by atoms with van der Waals surface area (Å²) < 4.78 is 5.44. The Morgan fingerprint density at radius 2 is 2.10 bits per heavy atom. The zero-order chi connectivity index (χ0) is 15.0. The van der Waals surface area contributed by atoms with Crippen LogP contribution in [-0.2, 0) is 11.3 Å². The second-order valence-electron chi connectivity index (χ2n) is 5.16. The van der Waals surface area contributed by atoms with Gasteiger partial charge in [0.15, 0.2) is 6.61 Å². The third kappa shape index (κ3) is 2.31. The van der Waals surface area contributed by atoms with Crippen LogP contribution in [0.5, 0.6) is 5.75 Å². The molecule has 1 aromatic carbocycles. The third-order valence-electron chi connectivity index (χ3n) is 3.79. The molecule has 0 radical (unpaired) electrons. The van der Waals surface area contributed by atoms with Crippen LogP contribution in [0.1, 0.15) is 16.8 Å². The number of rotatable bonds is 2. The van der Waals surface area contributed by atoms with Crippen LogP contribution >= 0.6 is 0 Å². The van der Waals surface area contributed by atoms with Gasteiger partial charge in [0, 0.05) is 11.9 Å². The Labute approximate surface area is 123 Å². The Bertz CT molecular complexity index is 713. The molecule has 3 rings (SSSR count). The normalized spacial score (nSPS) is 13.8. The number of carbonyl (C=O) groups is 1. The van der Waals surface area contributed by atoms with E-state index in [1.165, 1.54) is 0 Å². The minimum absolute atomic E-state index is 0.0530. The topological polar surface area (TPSA) is 68.5 Å². The fraction of sp³-hybridized carbons (Fsp3) is 0.250. The molecule has 21 heavy (non-hydrogen) atoms. The molecule has 0 fully saturated rings. The van der Waals surface area contributed by atoms with E-state index in [9.17, 15) is 4.79 Å². The van der Waals surface area contributed by atoms with Gasteiger partial charge in [-0.05, 0) is 37.1 Å². The first-order valence-electron chi connectivity index (χ1n) is 6.80. The number of benzene rings is 1. The van der Waals surface area contributed by atoms with Crippen LogP contribution in [0.4, 0.5) is 11.4 Å². The summed E-state index contributed by atoms with van der Waals surface area (Å²) in [5, 5.41) is 0. The van der Waals surface area contributed by atoms with Crippen molar-refractivity contribution in [1.82, 2.24) is 4.98 Å². The molecule has 2 aromatic rings. The second-order valence-corrected chi connectivity index (χ2v) is 5.16. The quantitative estimate of drug-likeness (QED) is 0.917. The number of ether oxygens (including phenoxy) is 1. The number of nitrogens with two attached hydrogens (primary N) is 1. The monoisotopic (exact) mass is 283 g/mol. The Balaban J connectivity index is 1.98. The van der Waals surface area contributed by atoms with Gasteiger partial charge in [-0.1, -0.05) is 12.1 Å². The minimum Gasteiger partial charge on any atom is -0.482 e. The predicted octanol–water partition coefficient (Wildman–Crippen LogP) is 2.21. The molecule has 2 heterocycles. The van der Waals surface area contributed by atoms with Crippen LogP contribution in [0.3, 0.4) is 0 Å². The number of hydrogen-bond donors (Lipinski definition) is 1. The average molecular weight is 283 g/mol. The molecule has 2 N–H and O–H groups in total. The van der Waals surface area contributed by atoms with Gasteiger partial charge in [0.1, 0.15) is 5.75 Å². The number of fused-ring (bicyclic) bond motifs is 1. The predicted molar refractivity (Wildman–Crippen MR) is 81.3 cm³/mol. The fourth-order valence-corrected chi connectivity index (χ4v) is 2.43. The molecule has 0 spiro atoms. The molecule has 0 saturated carbocycles. The van der Waals surface area contributed by atoms with Gasteiger partial charge >= 0.3 is 0 Å². The SMILES string of the molecule is Cc1cnc(CN2C(=O)COc3ccccc32)c(C)c1N. The molecular formula is C16H17N3O2. The Kier molecular flexibility index (Phi) is 3.25. The van der Waals surface area contributed by atoms with Gasteiger partial charge in [0.2, 0.25) is 0 Å². The third-order valence-corrected chi connectivity index (χ3v) is 3.79. The molecule has 1 aliphatic rings. The number of aryl methyl sites for hydroxylation is 1. The molecule has 5 heteroatoms. The number of pyridine rings is 1. The summed E-state index contributed by atoms with van der Waals surface area (Å²) in [6, 6.07) is 7.51. The maximum absolute atomic E-state index is 12.2. The number of hydrogen-bond acceptors (Lipinski definition) is 4. The number of aromatic nitrogens is 1. The molecule has 0 atom stereocenters. The van der Waals surface area contributed by atoms with Gasteiger partial charge in [0.05, 0.1) is 17.9 Å². The smallest absolute Gasteiger partial charge is 0.265 e. The van der Waals surface area contributed by atoms with Crippen molar-refractivity contribution < 1.29 is 9.53 Å². The summed E-state index contributed by atoms with van der Waals surface area (Å²) in [5.41, 5.74) is 10.2. The van der Waals surface area contributed by atoms with Crippen molar-refractivity contribution in [2.45, 2.75) is 20.4 Å². The summed E-state index contributed by atoms with van der Waals surface area (Å²) in [6.45, 7) is 4.31. The molecule has 0 unspecified atom stereocenters. The zero-order valence-corrected chi connectivity index (χ0v) is 12.1. The van der Waals surface area contributed by atoms with Gasteiger partial charge in [-0.15, -0.1) is 0 Å². The van der Waals surface area contributed by atoms with Crippen molar-refractivity contribution in [2.24, 2.45) is 0 Å². The highest BCUT2D eigenvalue weighted by atomic mass is 16.5. The average Bonchev–Trinajstić information content (AvgIpc) is 2.50. The molecular weight excluding hydrogens is 266 g/mol. The lowest BCUT2D eigenvalue weighted by molar-refractivity contribution is -0.121. The van der Waals surface area contributed by atoms with Crippen LogP contribution in [0.2, 0.25) is 0 Å². The first kappa shape index (κ1) is 13.4. The van der Waals surface area contributed by atoms with E-state index in [0.29, 0.717) is 6.54 Å². The number of para-hydroxylation sites is 2. The summed E-state index contributed by atoms with van der Waals surface area (Å²) in [5.74, 6) is 0.642. The largest absolute Gasteiger partial charge is 0.482 e. The van der Waals surface area contributed by atoms with Crippen molar-refractivity contribution in [2.75, 3.05) is 17.2 Å². The summed E-state index contributed by atoms with van der Waals surface area (Å²) >= 11 is 0. The number of amides is 1. The molecule has 0 aliphatic carbocycles. The molecule has 108 valence electrons. The van der Waals surface area contributed by atoms with E-state index >= 15 is 0 Å². The summed E-state index contributed by atoms with van der Waals surface area (Å²) in [6.07, 6.45) is 1.74. The lowest BCUT2D eigenvalue weighted by Gasteiger charge is -2.29. The number of nitrogens with zero attached hydrogens (tertiary/aromatic N) is 2. The summed E-state index contributed by atoms with van der Waals surface area (Å²) in [7, 11) is 0. The number of nitrogen functional groups attached to an aromatic ring is 1. The lowest BCUT2D eigenvalue weighted by Crippen LogP contribution is -2.38. The standard InChI is InChI=1S/C16H17N3O2/c1-10-7-18-12(11(2)16(10)17)8-19-13-5-3-4-6-14(13)21-9-15(19)20/h3-7H,8-9H2,1-2H3,(H2,17,18). The van der Waals surface area contributed by atoms with Gasteiger partial charge in [0.25, 0.3) is 5.91 Å². The van der Waals surface area contributed by atoms with Crippen molar-refractivity contribution in [1.29, 1.82) is 0 Å². The van der Waals surface area contributed by atoms with Crippen molar-refractivity contribution in [3.05, 3.63) is 47.3 Å². The van der Waals surface area contributed by atoms with Crippen LogP contribution in [0, 0.1) is 13.8 Å². The molecule has 0 bridgehead atoms. The Morgan fingerprint density at radius 1 is 1.33 bits per heavy atom. The number of carbonyl (C=O) groups excluding carboxylic acids is 1. The summed E-state index contributed by atoms with van der Waals surface area (Å²) in [4.78, 5) is 18.3. The maximum atomic E-state index is 12.2. The van der Waals surface area contributed by atoms with Crippen molar-refractivity contribution in [3.8, 4) is 5.75 Å². The van der Waals surface area contributed by atoms with E-state index in [0.717, 1.165) is 33.9 Å². The number of anilines is 2. The van der Waals surface area contributed by atoms with Gasteiger partial charge in [-0.3, -0.25) is 14.7 Å². The first-order valence-corrected chi connectivity index (χ1v) is 6.80. The van der Waals surface area contributed by atoms with E-state index < -0.39 is 0 Å². The minimum atomic E-state index is -0.0750. The Hall–Kier alpha value is -2.56. The highest BCUT2D eigenvalue weighted by Gasteiger charge is 2.26. The highest BCUT2D eigenvalue weighted by Crippen LogP contribution is 2.33. The lowest BCUT2D eigenvalue weighted by atomic mass is 10.1. The zero-order valence-electron chi connectivity index (χ0n) is 12.1. The molecule has 5 nitrogen and oxygen atoms in total. The van der Waals surface area contributed by atoms with Crippen LogP contribution in [0.25, 0.3) is 0 Å². The van der Waals surface area contributed by atoms with Crippen LogP contribution in [0.15, 0.2) is 30.5 Å². The maximum Gasteiger partial charge on any atom is 0.265 e. The van der Waals surface area contributed by atoms with Gasteiger partial charge in [-0.25, -0.2) is 0 Å². The van der Waals surface area contributed by atoms with Gasteiger partial charge < -0.3 is 10.5 Å². The van der Waals surface area contributed by atoms with E-state index in [1.54, 1.807) is 11.1 Å². The molecule has 1 amide bonds. The van der Waals surface area contributed by atoms with E-state index in [4.69, 9.17) is 10.5 Å². The van der Waals surface area contributed by atoms with Crippen LogP contribution < -0.4 is 15.4 Å². The molecule has 1 aromatic heterocycles. The van der Waals surface area contributed by atoms with E-state index in [2.05, 4.69) is 4.98 Å². The van der Waals surface area contributed by atoms with Crippen LogP contribution in [-0.4, -0.2) is 17.5 Å². The van der Waals surface area contributed by atoms with Crippen molar-refractivity contribution in [3.63, 3.8) is 0 Å². The van der Waals surface area contributed by atoms with Crippen molar-refractivity contribution >= 4 is 17.3 Å². The van der Waals surface area contributed by atoms with Gasteiger partial charge in [-0.2, -0.15) is 0 Å². The molecule has 0 saturated heterocycles. The first-order chi connectivity index (χ1) is 10.1. The van der Waals surface area contributed by atoms with E-state index in [1.807, 2.05) is 38.1 Å². The Morgan fingerprint density at radius 3 is 2.90 bits per heavy atom. The van der Waals surface area contributed by atoms with E-state index in [-0.39, 0.29) is 12.5 Å².